The molecule has 4 heteroatoms. The van der Waals surface area contributed by atoms with Gasteiger partial charge in [0.15, 0.2) is 0 Å². The summed E-state index contributed by atoms with van der Waals surface area (Å²) in [7, 11) is 0. The molecule has 0 spiro atoms. The lowest BCUT2D eigenvalue weighted by Crippen LogP contribution is -2.23. The molecule has 1 aliphatic rings. The van der Waals surface area contributed by atoms with Crippen LogP contribution in [0.3, 0.4) is 0 Å². The van der Waals surface area contributed by atoms with E-state index in [-0.39, 0.29) is 0 Å². The van der Waals surface area contributed by atoms with Crippen LogP contribution in [0.25, 0.3) is 0 Å². The van der Waals surface area contributed by atoms with E-state index in [1.807, 2.05) is 18.2 Å². The number of nitrogens with zero attached hydrogens (tertiary/aromatic N) is 1. The molecule has 0 N–H and O–H groups in total. The van der Waals surface area contributed by atoms with Gasteiger partial charge in [0.1, 0.15) is 4.60 Å². The molecule has 15 heavy (non-hydrogen) atoms. The lowest BCUT2D eigenvalue weighted by Gasteiger charge is -2.22. The smallest absolute Gasteiger partial charge is 0.106 e. The molecule has 1 aliphatic heterocycles. The van der Waals surface area contributed by atoms with Crippen molar-refractivity contribution in [3.63, 3.8) is 0 Å². The number of hydrogen-bond acceptors (Lipinski definition) is 3. The molecule has 3 nitrogen and oxygen atoms in total. The van der Waals surface area contributed by atoms with Gasteiger partial charge >= 0.3 is 0 Å². The molecule has 0 radical (unpaired) electrons. The summed E-state index contributed by atoms with van der Waals surface area (Å²) in [6, 6.07) is 5.86. The molecular formula is C11H14BrNO2. The lowest BCUT2D eigenvalue weighted by molar-refractivity contribution is -0.0399. The predicted molar refractivity (Wildman–Crippen MR) is 60.6 cm³/mol. The number of pyridine rings is 1. The van der Waals surface area contributed by atoms with Crippen LogP contribution in [-0.4, -0.2) is 24.3 Å². The zero-order chi connectivity index (χ0) is 10.5. The third-order valence-electron chi connectivity index (χ3n) is 2.41. The van der Waals surface area contributed by atoms with E-state index in [0.717, 1.165) is 36.4 Å². The molecule has 0 aliphatic carbocycles. The Balaban J connectivity index is 1.81. The fourth-order valence-corrected chi connectivity index (χ4v) is 1.96. The van der Waals surface area contributed by atoms with Crippen LogP contribution in [0.15, 0.2) is 22.8 Å². The highest BCUT2D eigenvalue weighted by Crippen LogP contribution is 2.13. The van der Waals surface area contributed by atoms with Crippen molar-refractivity contribution in [3.05, 3.63) is 28.5 Å². The maximum Gasteiger partial charge on any atom is 0.106 e. The number of hydrogen-bond donors (Lipinski definition) is 0. The van der Waals surface area contributed by atoms with Crippen molar-refractivity contribution in [2.24, 2.45) is 0 Å². The second-order valence-corrected chi connectivity index (χ2v) is 4.39. The van der Waals surface area contributed by atoms with E-state index in [0.29, 0.717) is 12.7 Å². The first-order valence-corrected chi connectivity index (χ1v) is 5.94. The zero-order valence-electron chi connectivity index (χ0n) is 8.49. The summed E-state index contributed by atoms with van der Waals surface area (Å²) in [5.74, 6) is 0. The van der Waals surface area contributed by atoms with Crippen molar-refractivity contribution >= 4 is 15.9 Å². The molecule has 0 unspecified atom stereocenters. The molecule has 2 heterocycles. The average Bonchev–Trinajstić information content (AvgIpc) is 2.28. The Hall–Kier alpha value is -0.450. The van der Waals surface area contributed by atoms with Crippen molar-refractivity contribution in [3.8, 4) is 0 Å². The van der Waals surface area contributed by atoms with Gasteiger partial charge < -0.3 is 9.47 Å². The topological polar surface area (TPSA) is 31.4 Å². The van der Waals surface area contributed by atoms with Crippen LogP contribution in [0.4, 0.5) is 0 Å². The van der Waals surface area contributed by atoms with Gasteiger partial charge in [-0.1, -0.05) is 6.07 Å². The van der Waals surface area contributed by atoms with Crippen LogP contribution in [-0.2, 0) is 16.1 Å². The van der Waals surface area contributed by atoms with Gasteiger partial charge in [0, 0.05) is 13.2 Å². The van der Waals surface area contributed by atoms with Gasteiger partial charge in [-0.05, 0) is 40.9 Å². The van der Waals surface area contributed by atoms with E-state index < -0.39 is 0 Å². The number of halogens is 1. The summed E-state index contributed by atoms with van der Waals surface area (Å²) >= 11 is 3.34. The third-order valence-corrected chi connectivity index (χ3v) is 2.85. The van der Waals surface area contributed by atoms with Crippen molar-refractivity contribution < 1.29 is 9.47 Å². The fourth-order valence-electron chi connectivity index (χ4n) is 1.58. The minimum absolute atomic E-state index is 0.333. The van der Waals surface area contributed by atoms with Crippen LogP contribution >= 0.6 is 15.9 Å². The fraction of sp³-hybridized carbons (Fsp3) is 0.545. The van der Waals surface area contributed by atoms with Crippen LogP contribution in [0, 0.1) is 0 Å². The minimum Gasteiger partial charge on any atom is -0.381 e. The highest BCUT2D eigenvalue weighted by molar-refractivity contribution is 9.10. The molecule has 0 bridgehead atoms. The van der Waals surface area contributed by atoms with Crippen LogP contribution in [0.1, 0.15) is 18.5 Å². The highest BCUT2D eigenvalue weighted by atomic mass is 79.9. The van der Waals surface area contributed by atoms with Gasteiger partial charge in [0.05, 0.1) is 18.4 Å². The Morgan fingerprint density at radius 2 is 2.20 bits per heavy atom. The molecule has 1 aromatic heterocycles. The van der Waals surface area contributed by atoms with Crippen molar-refractivity contribution in [1.29, 1.82) is 0 Å². The summed E-state index contributed by atoms with van der Waals surface area (Å²) in [5, 5.41) is 0. The van der Waals surface area contributed by atoms with Gasteiger partial charge in [0.2, 0.25) is 0 Å². The zero-order valence-corrected chi connectivity index (χ0v) is 10.1. The van der Waals surface area contributed by atoms with E-state index >= 15 is 0 Å². The van der Waals surface area contributed by atoms with Crippen LogP contribution in [0.5, 0.6) is 0 Å². The monoisotopic (exact) mass is 271 g/mol. The molecular weight excluding hydrogens is 258 g/mol. The molecule has 0 saturated carbocycles. The Labute approximate surface area is 97.9 Å². The Bertz CT molecular complexity index is 313. The first-order chi connectivity index (χ1) is 7.34. The second-order valence-electron chi connectivity index (χ2n) is 3.57. The second kappa shape index (κ2) is 5.58. The van der Waals surface area contributed by atoms with Gasteiger partial charge in [-0.15, -0.1) is 0 Å². The average molecular weight is 272 g/mol. The van der Waals surface area contributed by atoms with E-state index in [1.165, 1.54) is 0 Å². The standard InChI is InChI=1S/C11H14BrNO2/c12-11-3-1-2-9(13-11)8-15-10-4-6-14-7-5-10/h1-3,10H,4-8H2. The third kappa shape index (κ3) is 3.55. The molecule has 1 aromatic rings. The Kier molecular flexibility index (Phi) is 4.11. The summed E-state index contributed by atoms with van der Waals surface area (Å²) in [6.45, 7) is 2.22. The quantitative estimate of drug-likeness (QED) is 0.792. The van der Waals surface area contributed by atoms with Crippen LogP contribution < -0.4 is 0 Å². The maximum absolute atomic E-state index is 5.76. The van der Waals surface area contributed by atoms with Crippen molar-refractivity contribution in [2.75, 3.05) is 13.2 Å². The van der Waals surface area contributed by atoms with Gasteiger partial charge in [-0.3, -0.25) is 0 Å². The predicted octanol–water partition coefficient (Wildman–Crippen LogP) is 2.54. The summed E-state index contributed by atoms with van der Waals surface area (Å²) in [6.07, 6.45) is 2.32. The van der Waals surface area contributed by atoms with Gasteiger partial charge in [-0.2, -0.15) is 0 Å². The number of ether oxygens (including phenoxy) is 2. The van der Waals surface area contributed by atoms with Gasteiger partial charge in [0.25, 0.3) is 0 Å². The largest absolute Gasteiger partial charge is 0.381 e. The molecule has 1 fully saturated rings. The van der Waals surface area contributed by atoms with Crippen molar-refractivity contribution in [1.82, 2.24) is 4.98 Å². The number of rotatable bonds is 3. The normalized spacial score (nSPS) is 17.9. The van der Waals surface area contributed by atoms with Gasteiger partial charge in [-0.25, -0.2) is 4.98 Å². The first kappa shape index (κ1) is 11.0. The van der Waals surface area contributed by atoms with Crippen molar-refractivity contribution in [2.45, 2.75) is 25.6 Å². The first-order valence-electron chi connectivity index (χ1n) is 5.15. The molecule has 0 aromatic carbocycles. The van der Waals surface area contributed by atoms with E-state index in [1.54, 1.807) is 0 Å². The van der Waals surface area contributed by atoms with E-state index in [4.69, 9.17) is 9.47 Å². The summed E-state index contributed by atoms with van der Waals surface area (Å²) in [5.41, 5.74) is 0.968. The molecule has 2 rings (SSSR count). The molecule has 0 amide bonds. The lowest BCUT2D eigenvalue weighted by atomic mass is 10.1. The maximum atomic E-state index is 5.76. The van der Waals surface area contributed by atoms with Crippen LogP contribution in [0.2, 0.25) is 0 Å². The Morgan fingerprint density at radius 3 is 2.93 bits per heavy atom. The minimum atomic E-state index is 0.333. The highest BCUT2D eigenvalue weighted by Gasteiger charge is 2.14. The Morgan fingerprint density at radius 1 is 1.40 bits per heavy atom. The molecule has 1 saturated heterocycles. The SMILES string of the molecule is Brc1cccc(COC2CCOCC2)n1. The molecule has 82 valence electrons. The summed E-state index contributed by atoms with van der Waals surface area (Å²) in [4.78, 5) is 4.32. The molecule has 0 atom stereocenters. The van der Waals surface area contributed by atoms with E-state index in [9.17, 15) is 0 Å². The summed E-state index contributed by atoms with van der Waals surface area (Å²) < 4.78 is 11.9. The van der Waals surface area contributed by atoms with E-state index in [2.05, 4.69) is 20.9 Å². The number of aromatic nitrogens is 1.